The van der Waals surface area contributed by atoms with Crippen molar-refractivity contribution in [3.8, 4) is 6.07 Å². The Morgan fingerprint density at radius 2 is 2.20 bits per heavy atom. The molecule has 1 aliphatic carbocycles. The Balaban J connectivity index is 1.94. The molecule has 2 unspecified atom stereocenters. The van der Waals surface area contributed by atoms with E-state index < -0.39 is 0 Å². The number of nitrogens with zero attached hydrogens (tertiary/aromatic N) is 3. The maximum absolute atomic E-state index is 9.04. The summed E-state index contributed by atoms with van der Waals surface area (Å²) < 4.78 is 0.868. The van der Waals surface area contributed by atoms with Crippen LogP contribution in [0.4, 0.5) is 5.82 Å². The minimum absolute atomic E-state index is 0.672. The summed E-state index contributed by atoms with van der Waals surface area (Å²) in [6.45, 7) is 2.15. The fraction of sp³-hybridized carbons (Fsp3) is 0.455. The maximum Gasteiger partial charge on any atom is 0.146 e. The number of fused-ring (bicyclic) bond motifs is 1. The molecule has 0 radical (unpaired) electrons. The van der Waals surface area contributed by atoms with Crippen LogP contribution in [0.1, 0.15) is 12.0 Å². The molecule has 15 heavy (non-hydrogen) atoms. The fourth-order valence-corrected chi connectivity index (χ4v) is 2.67. The van der Waals surface area contributed by atoms with Gasteiger partial charge in [-0.2, -0.15) is 5.26 Å². The molecular weight excluding hydrogens is 254 g/mol. The van der Waals surface area contributed by atoms with Crippen LogP contribution in [0.2, 0.25) is 0 Å². The minimum Gasteiger partial charge on any atom is -0.355 e. The summed E-state index contributed by atoms with van der Waals surface area (Å²) in [5.41, 5.74) is 0.672. The summed E-state index contributed by atoms with van der Waals surface area (Å²) in [4.78, 5) is 6.58. The molecule has 1 saturated carbocycles. The van der Waals surface area contributed by atoms with Crippen molar-refractivity contribution in [2.45, 2.75) is 6.42 Å². The molecule has 4 heteroatoms. The molecule has 76 valence electrons. The predicted molar refractivity (Wildman–Crippen MR) is 60.5 cm³/mol. The molecule has 2 aliphatic rings. The third kappa shape index (κ3) is 1.51. The van der Waals surface area contributed by atoms with Crippen LogP contribution in [0.3, 0.4) is 0 Å². The molecule has 1 saturated heterocycles. The van der Waals surface area contributed by atoms with Gasteiger partial charge in [-0.15, -0.1) is 0 Å². The first-order chi connectivity index (χ1) is 7.28. The minimum atomic E-state index is 0.672. The zero-order valence-electron chi connectivity index (χ0n) is 8.15. The zero-order valence-corrected chi connectivity index (χ0v) is 9.74. The van der Waals surface area contributed by atoms with E-state index in [1.165, 1.54) is 6.42 Å². The Morgan fingerprint density at radius 1 is 1.47 bits per heavy atom. The number of piperidine rings is 1. The summed E-state index contributed by atoms with van der Waals surface area (Å²) in [6.07, 6.45) is 3.13. The Hall–Kier alpha value is -1.08. The van der Waals surface area contributed by atoms with E-state index in [-0.39, 0.29) is 0 Å². The summed E-state index contributed by atoms with van der Waals surface area (Å²) in [6, 6.07) is 4.05. The highest BCUT2D eigenvalue weighted by atomic mass is 79.9. The summed E-state index contributed by atoms with van der Waals surface area (Å²) in [7, 11) is 0. The highest BCUT2D eigenvalue weighted by Gasteiger charge is 2.45. The highest BCUT2D eigenvalue weighted by Crippen LogP contribution is 2.46. The average Bonchev–Trinajstić information content (AvgIpc) is 2.85. The van der Waals surface area contributed by atoms with E-state index in [1.54, 1.807) is 6.20 Å². The molecule has 1 aliphatic heterocycles. The number of anilines is 1. The van der Waals surface area contributed by atoms with Gasteiger partial charge in [-0.05, 0) is 40.3 Å². The van der Waals surface area contributed by atoms with Gasteiger partial charge in [0.05, 0.1) is 5.56 Å². The summed E-state index contributed by atoms with van der Waals surface area (Å²) in [5, 5.41) is 9.04. The molecule has 2 fully saturated rings. The Kier molecular flexibility index (Phi) is 1.96. The smallest absolute Gasteiger partial charge is 0.146 e. The number of hydrogen-bond donors (Lipinski definition) is 0. The number of hydrogen-bond acceptors (Lipinski definition) is 3. The Labute approximate surface area is 96.8 Å². The van der Waals surface area contributed by atoms with Gasteiger partial charge in [0.15, 0.2) is 0 Å². The third-order valence-electron chi connectivity index (χ3n) is 3.23. The van der Waals surface area contributed by atoms with Crippen LogP contribution in [0.15, 0.2) is 16.7 Å². The molecule has 0 amide bonds. The fourth-order valence-electron chi connectivity index (χ4n) is 2.34. The van der Waals surface area contributed by atoms with Crippen LogP contribution in [-0.2, 0) is 0 Å². The highest BCUT2D eigenvalue weighted by molar-refractivity contribution is 9.10. The van der Waals surface area contributed by atoms with Crippen molar-refractivity contribution in [2.75, 3.05) is 18.0 Å². The van der Waals surface area contributed by atoms with Crippen molar-refractivity contribution in [3.05, 3.63) is 22.3 Å². The van der Waals surface area contributed by atoms with Crippen LogP contribution in [-0.4, -0.2) is 18.1 Å². The molecule has 0 aromatic carbocycles. The van der Waals surface area contributed by atoms with Crippen molar-refractivity contribution in [3.63, 3.8) is 0 Å². The lowest BCUT2D eigenvalue weighted by molar-refractivity contribution is 0.803. The second kappa shape index (κ2) is 3.21. The van der Waals surface area contributed by atoms with E-state index in [9.17, 15) is 0 Å². The molecule has 1 aromatic rings. The van der Waals surface area contributed by atoms with E-state index in [2.05, 4.69) is 31.9 Å². The topological polar surface area (TPSA) is 39.9 Å². The van der Waals surface area contributed by atoms with Gasteiger partial charge in [0.1, 0.15) is 11.9 Å². The van der Waals surface area contributed by atoms with Gasteiger partial charge < -0.3 is 4.90 Å². The Morgan fingerprint density at radius 3 is 2.87 bits per heavy atom. The second-order valence-corrected chi connectivity index (χ2v) is 5.21. The predicted octanol–water partition coefficient (Wildman–Crippen LogP) is 2.17. The van der Waals surface area contributed by atoms with Crippen molar-refractivity contribution >= 4 is 21.7 Å². The van der Waals surface area contributed by atoms with Crippen molar-refractivity contribution in [2.24, 2.45) is 11.8 Å². The Bertz CT molecular complexity index is 442. The number of aromatic nitrogens is 1. The molecule has 2 heterocycles. The van der Waals surface area contributed by atoms with Crippen molar-refractivity contribution in [1.82, 2.24) is 4.98 Å². The maximum atomic E-state index is 9.04. The van der Waals surface area contributed by atoms with E-state index in [1.807, 2.05) is 6.07 Å². The van der Waals surface area contributed by atoms with E-state index in [4.69, 9.17) is 5.26 Å². The van der Waals surface area contributed by atoms with Crippen LogP contribution < -0.4 is 4.90 Å². The van der Waals surface area contributed by atoms with Crippen LogP contribution in [0.25, 0.3) is 0 Å². The molecule has 0 spiro atoms. The SMILES string of the molecule is N#Cc1cc(Br)cnc1N1CC2CC2C1. The lowest BCUT2D eigenvalue weighted by Gasteiger charge is -2.19. The van der Waals surface area contributed by atoms with E-state index in [0.717, 1.165) is 35.2 Å². The lowest BCUT2D eigenvalue weighted by atomic mass is 10.2. The number of halogens is 1. The molecule has 3 rings (SSSR count). The van der Waals surface area contributed by atoms with Gasteiger partial charge in [-0.3, -0.25) is 0 Å². The van der Waals surface area contributed by atoms with Crippen molar-refractivity contribution in [1.29, 1.82) is 5.26 Å². The quantitative estimate of drug-likeness (QED) is 0.780. The molecule has 2 atom stereocenters. The van der Waals surface area contributed by atoms with Gasteiger partial charge in [-0.1, -0.05) is 0 Å². The van der Waals surface area contributed by atoms with E-state index >= 15 is 0 Å². The monoisotopic (exact) mass is 263 g/mol. The average molecular weight is 264 g/mol. The van der Waals surface area contributed by atoms with Crippen LogP contribution in [0.5, 0.6) is 0 Å². The zero-order chi connectivity index (χ0) is 10.4. The molecule has 0 N–H and O–H groups in total. The lowest BCUT2D eigenvalue weighted by Crippen LogP contribution is -2.23. The van der Waals surface area contributed by atoms with Gasteiger partial charge in [0.25, 0.3) is 0 Å². The first-order valence-electron chi connectivity index (χ1n) is 5.08. The second-order valence-electron chi connectivity index (χ2n) is 4.30. The summed E-state index contributed by atoms with van der Waals surface area (Å²) in [5.74, 6) is 2.58. The largest absolute Gasteiger partial charge is 0.355 e. The number of rotatable bonds is 1. The van der Waals surface area contributed by atoms with Crippen molar-refractivity contribution < 1.29 is 0 Å². The number of nitriles is 1. The molecule has 0 bridgehead atoms. The standard InChI is InChI=1S/C11H10BrN3/c12-10-2-7(3-13)11(14-4-10)15-5-8-1-9(8)6-15/h2,4,8-9H,1,5-6H2. The molecule has 1 aromatic heterocycles. The summed E-state index contributed by atoms with van der Waals surface area (Å²) >= 11 is 3.33. The van der Waals surface area contributed by atoms with E-state index in [0.29, 0.717) is 5.56 Å². The normalized spacial score (nSPS) is 27.3. The first-order valence-corrected chi connectivity index (χ1v) is 5.88. The molecular formula is C11H10BrN3. The van der Waals surface area contributed by atoms with Crippen LogP contribution in [0, 0.1) is 23.2 Å². The van der Waals surface area contributed by atoms with Gasteiger partial charge in [0.2, 0.25) is 0 Å². The third-order valence-corrected chi connectivity index (χ3v) is 3.67. The van der Waals surface area contributed by atoms with Gasteiger partial charge in [-0.25, -0.2) is 4.98 Å². The van der Waals surface area contributed by atoms with Gasteiger partial charge in [0, 0.05) is 23.8 Å². The number of pyridine rings is 1. The van der Waals surface area contributed by atoms with Gasteiger partial charge >= 0.3 is 0 Å². The molecule has 3 nitrogen and oxygen atoms in total. The van der Waals surface area contributed by atoms with Crippen LogP contribution >= 0.6 is 15.9 Å². The first kappa shape index (κ1) is 9.17.